The second kappa shape index (κ2) is 11.6. The number of piperidine rings is 1. The highest BCUT2D eigenvalue weighted by Crippen LogP contribution is 2.38. The largest absolute Gasteiger partial charge is 0.493 e. The number of carbonyl (C=O) groups excluding carboxylic acids is 2. The summed E-state index contributed by atoms with van der Waals surface area (Å²) in [5, 5.41) is 3.07. The maximum Gasteiger partial charge on any atom is 0.254 e. The second-order valence-corrected chi connectivity index (χ2v) is 8.47. The Bertz CT molecular complexity index is 914. The van der Waals surface area contributed by atoms with Crippen LogP contribution < -0.4 is 19.5 Å². The molecule has 0 bridgehead atoms. The quantitative estimate of drug-likeness (QED) is 0.622. The fraction of sp³-hybridized carbons (Fsp3) is 0.462. The van der Waals surface area contributed by atoms with Gasteiger partial charge < -0.3 is 24.4 Å². The summed E-state index contributed by atoms with van der Waals surface area (Å²) in [6.07, 6.45) is 2.10. The number of nitrogens with zero attached hydrogens (tertiary/aromatic N) is 1. The molecule has 3 rings (SSSR count). The van der Waals surface area contributed by atoms with Gasteiger partial charge in [-0.1, -0.05) is 37.3 Å². The molecule has 2 aromatic carbocycles. The molecule has 0 saturated carbocycles. The van der Waals surface area contributed by atoms with E-state index in [9.17, 15) is 9.59 Å². The first kappa shape index (κ1) is 24.4. The molecule has 1 aliphatic heterocycles. The van der Waals surface area contributed by atoms with Gasteiger partial charge >= 0.3 is 0 Å². The van der Waals surface area contributed by atoms with Gasteiger partial charge in [0.2, 0.25) is 11.7 Å². The maximum atomic E-state index is 13.1. The molecule has 0 spiro atoms. The van der Waals surface area contributed by atoms with Gasteiger partial charge in [0, 0.05) is 31.6 Å². The highest BCUT2D eigenvalue weighted by atomic mass is 16.5. The summed E-state index contributed by atoms with van der Waals surface area (Å²) in [4.78, 5) is 27.4. The van der Waals surface area contributed by atoms with Crippen LogP contribution in [0.2, 0.25) is 0 Å². The predicted molar refractivity (Wildman–Crippen MR) is 127 cm³/mol. The molecule has 1 heterocycles. The van der Waals surface area contributed by atoms with Crippen molar-refractivity contribution in [1.82, 2.24) is 10.2 Å². The number of rotatable bonds is 9. The molecule has 0 radical (unpaired) electrons. The third-order valence-electron chi connectivity index (χ3n) is 6.26. The second-order valence-electron chi connectivity index (χ2n) is 8.47. The molecular formula is C26H34N2O5. The van der Waals surface area contributed by atoms with Crippen molar-refractivity contribution in [3.8, 4) is 17.2 Å². The number of nitrogens with one attached hydrogen (secondary N) is 1. The van der Waals surface area contributed by atoms with Crippen LogP contribution in [-0.4, -0.2) is 57.7 Å². The molecule has 1 saturated heterocycles. The third kappa shape index (κ3) is 6.18. The molecule has 33 heavy (non-hydrogen) atoms. The van der Waals surface area contributed by atoms with E-state index in [1.165, 1.54) is 26.9 Å². The lowest BCUT2D eigenvalue weighted by Gasteiger charge is -2.32. The van der Waals surface area contributed by atoms with Crippen molar-refractivity contribution < 1.29 is 23.8 Å². The summed E-state index contributed by atoms with van der Waals surface area (Å²) < 4.78 is 16.1. The molecule has 1 unspecified atom stereocenters. The van der Waals surface area contributed by atoms with Crippen LogP contribution in [0.15, 0.2) is 42.5 Å². The lowest BCUT2D eigenvalue weighted by molar-refractivity contribution is -0.122. The fourth-order valence-electron chi connectivity index (χ4n) is 4.23. The maximum absolute atomic E-state index is 13.1. The number of hydrogen-bond acceptors (Lipinski definition) is 5. The molecule has 2 aromatic rings. The van der Waals surface area contributed by atoms with Crippen LogP contribution in [0.4, 0.5) is 0 Å². The summed E-state index contributed by atoms with van der Waals surface area (Å²) >= 11 is 0. The van der Waals surface area contributed by atoms with E-state index in [2.05, 4.69) is 24.4 Å². The zero-order valence-corrected chi connectivity index (χ0v) is 19.9. The Morgan fingerprint density at radius 3 is 2.15 bits per heavy atom. The Balaban J connectivity index is 1.50. The molecule has 7 heteroatoms. The van der Waals surface area contributed by atoms with E-state index in [1.807, 2.05) is 23.1 Å². The van der Waals surface area contributed by atoms with Crippen molar-refractivity contribution in [3.05, 3.63) is 53.6 Å². The van der Waals surface area contributed by atoms with E-state index in [4.69, 9.17) is 14.2 Å². The van der Waals surface area contributed by atoms with Gasteiger partial charge in [-0.3, -0.25) is 9.59 Å². The normalized spacial score (nSPS) is 15.0. The number of ether oxygens (including phenoxy) is 3. The van der Waals surface area contributed by atoms with Gasteiger partial charge in [-0.25, -0.2) is 0 Å². The van der Waals surface area contributed by atoms with Crippen LogP contribution >= 0.6 is 0 Å². The Labute approximate surface area is 196 Å². The van der Waals surface area contributed by atoms with Crippen LogP contribution in [0.25, 0.3) is 0 Å². The van der Waals surface area contributed by atoms with E-state index >= 15 is 0 Å². The summed E-state index contributed by atoms with van der Waals surface area (Å²) in [6, 6.07) is 13.5. The molecule has 0 aliphatic carbocycles. The Morgan fingerprint density at radius 1 is 1.00 bits per heavy atom. The monoisotopic (exact) mass is 454 g/mol. The Hall–Kier alpha value is -3.22. The summed E-state index contributed by atoms with van der Waals surface area (Å²) in [6.45, 7) is 3.98. The Kier molecular flexibility index (Phi) is 8.58. The van der Waals surface area contributed by atoms with Crippen LogP contribution in [0, 0.1) is 5.92 Å². The van der Waals surface area contributed by atoms with Gasteiger partial charge in [0.15, 0.2) is 11.5 Å². The molecule has 178 valence electrons. The number of carbonyl (C=O) groups is 2. The van der Waals surface area contributed by atoms with Crippen molar-refractivity contribution in [3.63, 3.8) is 0 Å². The highest BCUT2D eigenvalue weighted by Gasteiger charge is 2.27. The molecule has 7 nitrogen and oxygen atoms in total. The van der Waals surface area contributed by atoms with E-state index in [-0.39, 0.29) is 23.7 Å². The Morgan fingerprint density at radius 2 is 1.61 bits per heavy atom. The van der Waals surface area contributed by atoms with Crippen molar-refractivity contribution in [2.24, 2.45) is 5.92 Å². The molecule has 2 amide bonds. The van der Waals surface area contributed by atoms with Gasteiger partial charge in [0.25, 0.3) is 5.91 Å². The summed E-state index contributed by atoms with van der Waals surface area (Å²) in [5.41, 5.74) is 1.71. The predicted octanol–water partition coefficient (Wildman–Crippen LogP) is 3.87. The van der Waals surface area contributed by atoms with Gasteiger partial charge in [0.05, 0.1) is 21.3 Å². The number of likely N-dealkylation sites (tertiary alicyclic amines) is 1. The zero-order valence-electron chi connectivity index (χ0n) is 19.9. The van der Waals surface area contributed by atoms with Gasteiger partial charge in [-0.05, 0) is 42.4 Å². The SMILES string of the molecule is COc1cc(C(=O)N2CCC(CC(=O)NCC(C)c3ccccc3)CC2)cc(OC)c1OC. The van der Waals surface area contributed by atoms with Gasteiger partial charge in [0.1, 0.15) is 0 Å². The number of amides is 2. The molecular weight excluding hydrogens is 420 g/mol. The van der Waals surface area contributed by atoms with E-state index < -0.39 is 0 Å². The first-order valence-electron chi connectivity index (χ1n) is 11.4. The van der Waals surface area contributed by atoms with Crippen LogP contribution in [0.5, 0.6) is 17.2 Å². The number of methoxy groups -OCH3 is 3. The van der Waals surface area contributed by atoms with Gasteiger partial charge in [-0.2, -0.15) is 0 Å². The van der Waals surface area contributed by atoms with Crippen molar-refractivity contribution in [1.29, 1.82) is 0 Å². The third-order valence-corrected chi connectivity index (χ3v) is 6.26. The lowest BCUT2D eigenvalue weighted by Crippen LogP contribution is -2.40. The molecule has 1 atom stereocenters. The minimum absolute atomic E-state index is 0.0751. The van der Waals surface area contributed by atoms with Crippen LogP contribution in [-0.2, 0) is 4.79 Å². The average Bonchev–Trinajstić information content (AvgIpc) is 2.86. The topological polar surface area (TPSA) is 77.1 Å². The van der Waals surface area contributed by atoms with Crippen LogP contribution in [0.1, 0.15) is 48.0 Å². The van der Waals surface area contributed by atoms with E-state index in [1.54, 1.807) is 12.1 Å². The molecule has 1 aliphatic rings. The minimum atomic E-state index is -0.0751. The van der Waals surface area contributed by atoms with Crippen molar-refractivity contribution in [2.45, 2.75) is 32.1 Å². The minimum Gasteiger partial charge on any atom is -0.493 e. The van der Waals surface area contributed by atoms with Crippen molar-refractivity contribution >= 4 is 11.8 Å². The zero-order chi connectivity index (χ0) is 23.8. The first-order chi connectivity index (χ1) is 16.0. The van der Waals surface area contributed by atoms with Crippen molar-refractivity contribution in [2.75, 3.05) is 41.0 Å². The number of hydrogen-bond donors (Lipinski definition) is 1. The average molecular weight is 455 g/mol. The van der Waals surface area contributed by atoms with E-state index in [0.29, 0.717) is 48.9 Å². The number of benzene rings is 2. The summed E-state index contributed by atoms with van der Waals surface area (Å²) in [7, 11) is 4.59. The standard InChI is InChI=1S/C26H34N2O5/c1-18(20-8-6-5-7-9-20)17-27-24(29)14-19-10-12-28(13-11-19)26(30)21-15-22(31-2)25(33-4)23(16-21)32-3/h5-9,15-16,18-19H,10-14,17H2,1-4H3,(H,27,29). The van der Waals surface area contributed by atoms with Crippen LogP contribution in [0.3, 0.4) is 0 Å². The lowest BCUT2D eigenvalue weighted by atomic mass is 9.92. The van der Waals surface area contributed by atoms with Gasteiger partial charge in [-0.15, -0.1) is 0 Å². The molecule has 0 aromatic heterocycles. The molecule has 1 N–H and O–H groups in total. The summed E-state index contributed by atoms with van der Waals surface area (Å²) in [5.74, 6) is 1.92. The van der Waals surface area contributed by atoms with E-state index in [0.717, 1.165) is 12.8 Å². The fourth-order valence-corrected chi connectivity index (χ4v) is 4.23. The first-order valence-corrected chi connectivity index (χ1v) is 11.4. The molecule has 1 fully saturated rings. The smallest absolute Gasteiger partial charge is 0.254 e. The highest BCUT2D eigenvalue weighted by molar-refractivity contribution is 5.95.